The van der Waals surface area contributed by atoms with Crippen molar-refractivity contribution < 1.29 is 23.8 Å². The Morgan fingerprint density at radius 3 is 2.22 bits per heavy atom. The van der Waals surface area contributed by atoms with Gasteiger partial charge in [-0.05, 0) is 48.7 Å². The second-order valence-electron chi connectivity index (χ2n) is 6.34. The van der Waals surface area contributed by atoms with E-state index in [0.717, 1.165) is 31.5 Å². The average molecular weight is 369 g/mol. The molecule has 1 amide bonds. The molecule has 1 aliphatic rings. The van der Waals surface area contributed by atoms with Crippen molar-refractivity contribution in [2.24, 2.45) is 0 Å². The Balaban J connectivity index is 1.64. The number of amides is 1. The molecule has 1 fully saturated rings. The third kappa shape index (κ3) is 4.39. The molecule has 0 unspecified atom stereocenters. The second kappa shape index (κ2) is 8.58. The maximum Gasteiger partial charge on any atom is 0.337 e. The lowest BCUT2D eigenvalue weighted by molar-refractivity contribution is 0.0600. The van der Waals surface area contributed by atoms with E-state index >= 15 is 0 Å². The van der Waals surface area contributed by atoms with Crippen molar-refractivity contribution in [1.82, 2.24) is 4.90 Å². The Bertz CT molecular complexity index is 810. The molecule has 0 aromatic heterocycles. The fraction of sp³-hybridized carbons (Fsp3) is 0.333. The van der Waals surface area contributed by atoms with Crippen molar-refractivity contribution in [3.8, 4) is 11.5 Å². The molecule has 0 bridgehead atoms. The van der Waals surface area contributed by atoms with Crippen LogP contribution in [0.5, 0.6) is 11.5 Å². The highest BCUT2D eigenvalue weighted by atomic mass is 16.5. The number of benzene rings is 2. The fourth-order valence-corrected chi connectivity index (χ4v) is 3.04. The third-order valence-corrected chi connectivity index (χ3v) is 4.57. The molecule has 3 rings (SSSR count). The van der Waals surface area contributed by atoms with Crippen molar-refractivity contribution >= 4 is 11.9 Å². The molecule has 1 saturated heterocycles. The summed E-state index contributed by atoms with van der Waals surface area (Å²) in [6.45, 7) is 2.00. The molecule has 2 aromatic carbocycles. The number of esters is 1. The first kappa shape index (κ1) is 18.8. The molecule has 142 valence electrons. The first-order valence-electron chi connectivity index (χ1n) is 8.89. The summed E-state index contributed by atoms with van der Waals surface area (Å²) in [5, 5.41) is 0. The molecule has 6 heteroatoms. The van der Waals surface area contributed by atoms with Crippen LogP contribution in [0.1, 0.15) is 39.1 Å². The van der Waals surface area contributed by atoms with Crippen LogP contribution >= 0.6 is 0 Å². The van der Waals surface area contributed by atoms with E-state index in [9.17, 15) is 9.59 Å². The summed E-state index contributed by atoms with van der Waals surface area (Å²) >= 11 is 0. The largest absolute Gasteiger partial charge is 0.493 e. The van der Waals surface area contributed by atoms with Crippen LogP contribution < -0.4 is 9.47 Å². The minimum atomic E-state index is -0.432. The summed E-state index contributed by atoms with van der Waals surface area (Å²) in [4.78, 5) is 25.9. The van der Waals surface area contributed by atoms with E-state index < -0.39 is 5.97 Å². The van der Waals surface area contributed by atoms with Gasteiger partial charge in [-0.25, -0.2) is 4.79 Å². The first-order valence-corrected chi connectivity index (χ1v) is 8.89. The maximum absolute atomic E-state index is 12.4. The van der Waals surface area contributed by atoms with Gasteiger partial charge in [0.05, 0.1) is 19.8 Å². The summed E-state index contributed by atoms with van der Waals surface area (Å²) in [6, 6.07) is 12.3. The van der Waals surface area contributed by atoms with Gasteiger partial charge in [0.1, 0.15) is 6.61 Å². The standard InChI is InChI=1S/C21H23NO5/c1-25-19-13-17(21(24)26-2)9-10-18(19)27-14-15-5-7-16(8-6-15)20(23)22-11-3-4-12-22/h5-10,13H,3-4,11-12,14H2,1-2H3. The number of hydrogen-bond donors (Lipinski definition) is 0. The van der Waals surface area contributed by atoms with E-state index in [4.69, 9.17) is 14.2 Å². The second-order valence-corrected chi connectivity index (χ2v) is 6.34. The normalized spacial score (nSPS) is 13.3. The van der Waals surface area contributed by atoms with Gasteiger partial charge in [0.2, 0.25) is 0 Å². The molecule has 2 aromatic rings. The van der Waals surface area contributed by atoms with Crippen LogP contribution in [-0.4, -0.2) is 44.1 Å². The number of hydrogen-bond acceptors (Lipinski definition) is 5. The van der Waals surface area contributed by atoms with E-state index in [2.05, 4.69) is 0 Å². The average Bonchev–Trinajstić information content (AvgIpc) is 3.26. The Morgan fingerprint density at radius 2 is 1.59 bits per heavy atom. The molecule has 0 atom stereocenters. The number of nitrogens with zero attached hydrogens (tertiary/aromatic N) is 1. The lowest BCUT2D eigenvalue weighted by Gasteiger charge is -2.15. The van der Waals surface area contributed by atoms with Crippen LogP contribution in [0.4, 0.5) is 0 Å². The summed E-state index contributed by atoms with van der Waals surface area (Å²) in [5.74, 6) is 0.638. The van der Waals surface area contributed by atoms with Crippen molar-refractivity contribution in [2.75, 3.05) is 27.3 Å². The zero-order chi connectivity index (χ0) is 19.2. The van der Waals surface area contributed by atoms with Crippen LogP contribution in [0.2, 0.25) is 0 Å². The summed E-state index contributed by atoms with van der Waals surface area (Å²) in [5.41, 5.74) is 2.03. The maximum atomic E-state index is 12.4. The fourth-order valence-electron chi connectivity index (χ4n) is 3.04. The topological polar surface area (TPSA) is 65.1 Å². The smallest absolute Gasteiger partial charge is 0.337 e. The van der Waals surface area contributed by atoms with Gasteiger partial charge < -0.3 is 19.1 Å². The Hall–Kier alpha value is -3.02. The molecule has 0 spiro atoms. The number of rotatable bonds is 6. The number of ether oxygens (including phenoxy) is 3. The van der Waals surface area contributed by atoms with E-state index in [-0.39, 0.29) is 5.91 Å². The van der Waals surface area contributed by atoms with Crippen LogP contribution in [0.15, 0.2) is 42.5 Å². The minimum absolute atomic E-state index is 0.0834. The van der Waals surface area contributed by atoms with Gasteiger partial charge in [0, 0.05) is 18.7 Å². The van der Waals surface area contributed by atoms with Crippen molar-refractivity contribution in [3.05, 3.63) is 59.2 Å². The van der Waals surface area contributed by atoms with Gasteiger partial charge in [-0.15, -0.1) is 0 Å². The number of likely N-dealkylation sites (tertiary alicyclic amines) is 1. The molecular weight excluding hydrogens is 346 g/mol. The predicted octanol–water partition coefficient (Wildman–Crippen LogP) is 3.30. The monoisotopic (exact) mass is 369 g/mol. The molecule has 0 saturated carbocycles. The van der Waals surface area contributed by atoms with Crippen LogP contribution in [0.25, 0.3) is 0 Å². The Morgan fingerprint density at radius 1 is 0.926 bits per heavy atom. The highest BCUT2D eigenvalue weighted by Gasteiger charge is 2.19. The summed E-state index contributed by atoms with van der Waals surface area (Å²) in [6.07, 6.45) is 2.16. The van der Waals surface area contributed by atoms with E-state index in [0.29, 0.717) is 29.2 Å². The molecule has 27 heavy (non-hydrogen) atoms. The summed E-state index contributed by atoms with van der Waals surface area (Å²) < 4.78 is 15.8. The van der Waals surface area contributed by atoms with Gasteiger partial charge in [-0.1, -0.05) is 12.1 Å². The van der Waals surface area contributed by atoms with Crippen molar-refractivity contribution in [3.63, 3.8) is 0 Å². The van der Waals surface area contributed by atoms with E-state index in [1.54, 1.807) is 18.2 Å². The molecule has 1 heterocycles. The Kier molecular flexibility index (Phi) is 5.96. The molecule has 0 aliphatic carbocycles. The van der Waals surface area contributed by atoms with Gasteiger partial charge >= 0.3 is 5.97 Å². The zero-order valence-electron chi connectivity index (χ0n) is 15.6. The lowest BCUT2D eigenvalue weighted by Crippen LogP contribution is -2.27. The molecule has 1 aliphatic heterocycles. The highest BCUT2D eigenvalue weighted by molar-refractivity contribution is 5.94. The SMILES string of the molecule is COC(=O)c1ccc(OCc2ccc(C(=O)N3CCCC3)cc2)c(OC)c1. The van der Waals surface area contributed by atoms with Crippen LogP contribution in [-0.2, 0) is 11.3 Å². The molecule has 0 radical (unpaired) electrons. The van der Waals surface area contributed by atoms with Crippen LogP contribution in [0.3, 0.4) is 0 Å². The third-order valence-electron chi connectivity index (χ3n) is 4.57. The van der Waals surface area contributed by atoms with Gasteiger partial charge in [-0.3, -0.25) is 4.79 Å². The van der Waals surface area contributed by atoms with Gasteiger partial charge in [0.25, 0.3) is 5.91 Å². The van der Waals surface area contributed by atoms with E-state index in [1.165, 1.54) is 14.2 Å². The van der Waals surface area contributed by atoms with Gasteiger partial charge in [0.15, 0.2) is 11.5 Å². The number of methoxy groups -OCH3 is 2. The quantitative estimate of drug-likeness (QED) is 0.731. The van der Waals surface area contributed by atoms with E-state index in [1.807, 2.05) is 29.2 Å². The number of carbonyl (C=O) groups excluding carboxylic acids is 2. The van der Waals surface area contributed by atoms with Crippen molar-refractivity contribution in [2.45, 2.75) is 19.4 Å². The zero-order valence-corrected chi connectivity index (χ0v) is 15.6. The molecule has 6 nitrogen and oxygen atoms in total. The van der Waals surface area contributed by atoms with Crippen molar-refractivity contribution in [1.29, 1.82) is 0 Å². The summed E-state index contributed by atoms with van der Waals surface area (Å²) in [7, 11) is 2.85. The highest BCUT2D eigenvalue weighted by Crippen LogP contribution is 2.29. The minimum Gasteiger partial charge on any atom is -0.493 e. The number of carbonyl (C=O) groups is 2. The predicted molar refractivity (Wildman–Crippen MR) is 100 cm³/mol. The Labute approximate surface area is 158 Å². The first-order chi connectivity index (χ1) is 13.1. The van der Waals surface area contributed by atoms with Gasteiger partial charge in [-0.2, -0.15) is 0 Å². The lowest BCUT2D eigenvalue weighted by atomic mass is 10.1. The van der Waals surface area contributed by atoms with Crippen LogP contribution in [0, 0.1) is 0 Å². The molecular formula is C21H23NO5. The molecule has 0 N–H and O–H groups in total.